The zero-order valence-electron chi connectivity index (χ0n) is 13.5. The van der Waals surface area contributed by atoms with Gasteiger partial charge in [0.15, 0.2) is 5.65 Å². The van der Waals surface area contributed by atoms with Crippen molar-refractivity contribution in [2.24, 2.45) is 0 Å². The molecule has 4 heterocycles. The lowest BCUT2D eigenvalue weighted by Gasteiger charge is -2.14. The Kier molecular flexibility index (Phi) is 3.90. The van der Waals surface area contributed by atoms with E-state index in [1.807, 2.05) is 23.3 Å². The first-order valence-electron chi connectivity index (χ1n) is 7.94. The normalized spacial score (nSPS) is 17.9. The van der Waals surface area contributed by atoms with Crippen LogP contribution in [0.3, 0.4) is 0 Å². The van der Waals surface area contributed by atoms with E-state index >= 15 is 0 Å². The lowest BCUT2D eigenvalue weighted by atomic mass is 10.2. The van der Waals surface area contributed by atoms with Gasteiger partial charge in [0, 0.05) is 30.4 Å². The first-order chi connectivity index (χ1) is 11.6. The standard InChI is InChI=1S/C16H18ClN5O2/c1-10(2)21-7-11(5-18-21)13-8-22-15(14(17)6-19-22)20-16(13)24-12-3-4-23-9-12/h5-8,10,12H,3-4,9H2,1-2H3. The highest BCUT2D eigenvalue weighted by Gasteiger charge is 2.22. The summed E-state index contributed by atoms with van der Waals surface area (Å²) < 4.78 is 15.0. The van der Waals surface area contributed by atoms with E-state index in [0.29, 0.717) is 29.8 Å². The van der Waals surface area contributed by atoms with Gasteiger partial charge in [-0.25, -0.2) is 4.52 Å². The zero-order valence-corrected chi connectivity index (χ0v) is 14.3. The lowest BCUT2D eigenvalue weighted by Crippen LogP contribution is -2.17. The van der Waals surface area contributed by atoms with Crippen molar-refractivity contribution in [2.75, 3.05) is 13.2 Å². The molecule has 0 amide bonds. The average molecular weight is 348 g/mol. The maximum absolute atomic E-state index is 6.16. The molecule has 7 nitrogen and oxygen atoms in total. The van der Waals surface area contributed by atoms with Crippen LogP contribution in [0.15, 0.2) is 24.8 Å². The van der Waals surface area contributed by atoms with Crippen LogP contribution in [0.4, 0.5) is 0 Å². The molecule has 0 saturated carbocycles. The van der Waals surface area contributed by atoms with Gasteiger partial charge in [-0.05, 0) is 13.8 Å². The fourth-order valence-corrected chi connectivity index (χ4v) is 2.85. The molecule has 1 unspecified atom stereocenters. The summed E-state index contributed by atoms with van der Waals surface area (Å²) in [6, 6.07) is 0.280. The third-order valence-electron chi connectivity index (χ3n) is 4.02. The highest BCUT2D eigenvalue weighted by Crippen LogP contribution is 2.32. The SMILES string of the molecule is CC(C)n1cc(-c2cn3ncc(Cl)c3nc2OC2CCOC2)cn1. The molecule has 8 heteroatoms. The van der Waals surface area contributed by atoms with E-state index in [1.165, 1.54) is 0 Å². The minimum Gasteiger partial charge on any atom is -0.471 e. The molecule has 3 aromatic heterocycles. The van der Waals surface area contributed by atoms with Gasteiger partial charge >= 0.3 is 0 Å². The molecule has 24 heavy (non-hydrogen) atoms. The first-order valence-corrected chi connectivity index (χ1v) is 8.32. The highest BCUT2D eigenvalue weighted by molar-refractivity contribution is 6.33. The Morgan fingerprint density at radius 3 is 2.88 bits per heavy atom. The number of halogens is 1. The summed E-state index contributed by atoms with van der Waals surface area (Å²) in [4.78, 5) is 4.58. The van der Waals surface area contributed by atoms with Crippen LogP contribution in [0.25, 0.3) is 16.8 Å². The predicted molar refractivity (Wildman–Crippen MR) is 89.5 cm³/mol. The Bertz CT molecular complexity index is 867. The molecular formula is C16H18ClN5O2. The zero-order chi connectivity index (χ0) is 16.7. The van der Waals surface area contributed by atoms with Crippen LogP contribution in [-0.2, 0) is 4.74 Å². The van der Waals surface area contributed by atoms with Crippen molar-refractivity contribution < 1.29 is 9.47 Å². The second-order valence-electron chi connectivity index (χ2n) is 6.13. The van der Waals surface area contributed by atoms with Crippen molar-refractivity contribution in [3.8, 4) is 17.0 Å². The molecule has 126 valence electrons. The van der Waals surface area contributed by atoms with Gasteiger partial charge in [-0.1, -0.05) is 11.6 Å². The molecule has 0 spiro atoms. The Balaban J connectivity index is 1.80. The summed E-state index contributed by atoms with van der Waals surface area (Å²) in [6.07, 6.45) is 8.10. The van der Waals surface area contributed by atoms with Gasteiger partial charge < -0.3 is 9.47 Å². The number of fused-ring (bicyclic) bond motifs is 1. The van der Waals surface area contributed by atoms with Gasteiger partial charge in [0.2, 0.25) is 5.88 Å². The van der Waals surface area contributed by atoms with Crippen LogP contribution in [0.5, 0.6) is 5.88 Å². The quantitative estimate of drug-likeness (QED) is 0.725. The van der Waals surface area contributed by atoms with E-state index in [-0.39, 0.29) is 12.1 Å². The second-order valence-corrected chi connectivity index (χ2v) is 6.53. The lowest BCUT2D eigenvalue weighted by molar-refractivity contribution is 0.138. The number of ether oxygens (including phenoxy) is 2. The molecule has 3 aromatic rings. The molecule has 0 bridgehead atoms. The highest BCUT2D eigenvalue weighted by atomic mass is 35.5. The second kappa shape index (κ2) is 6.07. The number of aromatic nitrogens is 5. The molecule has 0 aromatic carbocycles. The molecule has 1 atom stereocenters. The predicted octanol–water partition coefficient (Wildman–Crippen LogP) is 2.99. The molecule has 0 radical (unpaired) electrons. The fourth-order valence-electron chi connectivity index (χ4n) is 2.68. The fraction of sp³-hybridized carbons (Fsp3) is 0.438. The van der Waals surface area contributed by atoms with Crippen LogP contribution in [0, 0.1) is 0 Å². The van der Waals surface area contributed by atoms with Crippen LogP contribution >= 0.6 is 11.6 Å². The molecule has 0 N–H and O–H groups in total. The summed E-state index contributed by atoms with van der Waals surface area (Å²) in [5.41, 5.74) is 2.34. The minimum atomic E-state index is 0.000501. The number of hydrogen-bond donors (Lipinski definition) is 0. The van der Waals surface area contributed by atoms with Crippen molar-refractivity contribution >= 4 is 17.2 Å². The van der Waals surface area contributed by atoms with Crippen molar-refractivity contribution in [1.29, 1.82) is 0 Å². The summed E-state index contributed by atoms with van der Waals surface area (Å²) in [6.45, 7) is 5.45. The van der Waals surface area contributed by atoms with Crippen molar-refractivity contribution in [3.05, 3.63) is 29.8 Å². The van der Waals surface area contributed by atoms with Gasteiger partial charge in [-0.3, -0.25) is 4.68 Å². The van der Waals surface area contributed by atoms with Gasteiger partial charge in [-0.2, -0.15) is 15.2 Å². The largest absolute Gasteiger partial charge is 0.471 e. The van der Waals surface area contributed by atoms with Gasteiger partial charge in [0.05, 0.1) is 31.2 Å². The molecule has 0 aliphatic carbocycles. The Morgan fingerprint density at radius 2 is 2.17 bits per heavy atom. The van der Waals surface area contributed by atoms with Crippen molar-refractivity contribution in [3.63, 3.8) is 0 Å². The molecule has 4 rings (SSSR count). The molecule has 1 aliphatic heterocycles. The van der Waals surface area contributed by atoms with Crippen molar-refractivity contribution in [1.82, 2.24) is 24.4 Å². The molecule has 1 fully saturated rings. The maximum Gasteiger partial charge on any atom is 0.225 e. The maximum atomic E-state index is 6.16. The topological polar surface area (TPSA) is 66.5 Å². The Morgan fingerprint density at radius 1 is 1.29 bits per heavy atom. The van der Waals surface area contributed by atoms with Crippen LogP contribution < -0.4 is 4.74 Å². The Labute approximate surface area is 144 Å². The smallest absolute Gasteiger partial charge is 0.225 e. The Hall–Kier alpha value is -2.12. The van der Waals surface area contributed by atoms with Gasteiger partial charge in [0.1, 0.15) is 11.1 Å². The van der Waals surface area contributed by atoms with Gasteiger partial charge in [-0.15, -0.1) is 0 Å². The average Bonchev–Trinajstić information content (AvgIpc) is 3.29. The summed E-state index contributed by atoms with van der Waals surface area (Å²) in [5, 5.41) is 9.13. The third kappa shape index (κ3) is 2.74. The third-order valence-corrected chi connectivity index (χ3v) is 4.29. The van der Waals surface area contributed by atoms with Crippen LogP contribution in [0.1, 0.15) is 26.3 Å². The van der Waals surface area contributed by atoms with Crippen LogP contribution in [-0.4, -0.2) is 43.7 Å². The van der Waals surface area contributed by atoms with E-state index < -0.39 is 0 Å². The number of nitrogens with zero attached hydrogens (tertiary/aromatic N) is 5. The van der Waals surface area contributed by atoms with Gasteiger partial charge in [0.25, 0.3) is 0 Å². The van der Waals surface area contributed by atoms with Crippen LogP contribution in [0.2, 0.25) is 5.02 Å². The molecule has 1 saturated heterocycles. The number of rotatable bonds is 4. The molecular weight excluding hydrogens is 330 g/mol. The number of hydrogen-bond acceptors (Lipinski definition) is 5. The first kappa shape index (κ1) is 15.4. The minimum absolute atomic E-state index is 0.000501. The monoisotopic (exact) mass is 347 g/mol. The summed E-state index contributed by atoms with van der Waals surface area (Å²) >= 11 is 6.16. The van der Waals surface area contributed by atoms with E-state index in [9.17, 15) is 0 Å². The van der Waals surface area contributed by atoms with E-state index in [2.05, 4.69) is 29.0 Å². The van der Waals surface area contributed by atoms with E-state index in [1.54, 1.807) is 10.7 Å². The summed E-state index contributed by atoms with van der Waals surface area (Å²) in [5.74, 6) is 0.531. The van der Waals surface area contributed by atoms with E-state index in [0.717, 1.165) is 17.5 Å². The summed E-state index contributed by atoms with van der Waals surface area (Å²) in [7, 11) is 0. The molecule has 1 aliphatic rings. The van der Waals surface area contributed by atoms with E-state index in [4.69, 9.17) is 21.1 Å². The van der Waals surface area contributed by atoms with Crippen molar-refractivity contribution in [2.45, 2.75) is 32.4 Å².